The quantitative estimate of drug-likeness (QED) is 0.0935. The van der Waals surface area contributed by atoms with Gasteiger partial charge in [-0.1, -0.05) is 26.3 Å². The van der Waals surface area contributed by atoms with Crippen LogP contribution in [0.4, 0.5) is 0 Å². The zero-order valence-electron chi connectivity index (χ0n) is 20.7. The lowest BCUT2D eigenvalue weighted by molar-refractivity contribution is -0.207. The molecule has 0 fully saturated rings. The topological polar surface area (TPSA) is 186 Å². The number of aliphatic hydroxyl groups excluding tert-OH is 4. The van der Waals surface area contributed by atoms with Crippen molar-refractivity contribution in [3.05, 3.63) is 50.6 Å². The van der Waals surface area contributed by atoms with Crippen molar-refractivity contribution in [3.63, 3.8) is 0 Å². The van der Waals surface area contributed by atoms with Gasteiger partial charge in [0.2, 0.25) is 0 Å². The standard InChI is InChI=1S/C25H36O12/c1-5-21(30)34-13-9-17(26)25(18(27)10-14-35-22(31)6-2,19(28)11-15-36-23(32)7-3)20(29)12-16-37-24(33)8-4/h5-8,17-20,26-29H,1-4,9-16H2. The average Bonchev–Trinajstić information content (AvgIpc) is 2.88. The summed E-state index contributed by atoms with van der Waals surface area (Å²) >= 11 is 0. The maximum Gasteiger partial charge on any atom is 0.330 e. The van der Waals surface area contributed by atoms with E-state index in [9.17, 15) is 39.6 Å². The second-order valence-corrected chi connectivity index (χ2v) is 7.70. The molecule has 0 aromatic heterocycles. The van der Waals surface area contributed by atoms with Gasteiger partial charge in [-0.25, -0.2) is 19.2 Å². The molecule has 0 rings (SSSR count). The Hall–Kier alpha value is -3.32. The Morgan fingerprint density at radius 2 is 0.703 bits per heavy atom. The number of hydrogen-bond donors (Lipinski definition) is 4. The molecule has 208 valence electrons. The van der Waals surface area contributed by atoms with Crippen molar-refractivity contribution in [3.8, 4) is 0 Å². The van der Waals surface area contributed by atoms with E-state index < -0.39 is 53.7 Å². The number of carbonyl (C=O) groups is 4. The van der Waals surface area contributed by atoms with Crippen molar-refractivity contribution in [2.75, 3.05) is 26.4 Å². The van der Waals surface area contributed by atoms with Gasteiger partial charge in [0, 0.05) is 50.0 Å². The largest absolute Gasteiger partial charge is 0.462 e. The second-order valence-electron chi connectivity index (χ2n) is 7.70. The van der Waals surface area contributed by atoms with E-state index in [1.165, 1.54) is 0 Å². The van der Waals surface area contributed by atoms with E-state index >= 15 is 0 Å². The van der Waals surface area contributed by atoms with Crippen LogP contribution < -0.4 is 0 Å². The van der Waals surface area contributed by atoms with Crippen molar-refractivity contribution in [1.82, 2.24) is 0 Å². The summed E-state index contributed by atoms with van der Waals surface area (Å²) in [4.78, 5) is 45.6. The maximum absolute atomic E-state index is 11.4. The zero-order chi connectivity index (χ0) is 28.4. The highest BCUT2D eigenvalue weighted by Crippen LogP contribution is 2.41. The molecule has 37 heavy (non-hydrogen) atoms. The minimum Gasteiger partial charge on any atom is -0.462 e. The molecule has 0 aliphatic rings. The Kier molecular flexibility index (Phi) is 16.4. The first kappa shape index (κ1) is 33.7. The van der Waals surface area contributed by atoms with Gasteiger partial charge in [-0.15, -0.1) is 0 Å². The summed E-state index contributed by atoms with van der Waals surface area (Å²) in [7, 11) is 0. The fraction of sp³-hybridized carbons (Fsp3) is 0.520. The summed E-state index contributed by atoms with van der Waals surface area (Å²) in [6.07, 6.45) is -4.69. The van der Waals surface area contributed by atoms with Crippen LogP contribution in [0, 0.1) is 5.41 Å². The van der Waals surface area contributed by atoms with Crippen LogP contribution in [0.5, 0.6) is 0 Å². The summed E-state index contributed by atoms with van der Waals surface area (Å²) in [5.41, 5.74) is -2.16. The number of aliphatic hydroxyl groups is 4. The fourth-order valence-electron chi connectivity index (χ4n) is 3.65. The van der Waals surface area contributed by atoms with E-state index in [-0.39, 0.29) is 52.1 Å². The molecule has 0 radical (unpaired) electrons. The van der Waals surface area contributed by atoms with Gasteiger partial charge in [0.05, 0.1) is 56.3 Å². The van der Waals surface area contributed by atoms with Gasteiger partial charge in [0.15, 0.2) is 0 Å². The van der Waals surface area contributed by atoms with Crippen LogP contribution in [-0.4, -0.2) is 95.1 Å². The monoisotopic (exact) mass is 528 g/mol. The maximum atomic E-state index is 11.4. The number of carbonyl (C=O) groups excluding carboxylic acids is 4. The predicted molar refractivity (Wildman–Crippen MR) is 130 cm³/mol. The average molecular weight is 529 g/mol. The molecule has 0 saturated heterocycles. The molecule has 0 bridgehead atoms. The molecule has 12 heteroatoms. The van der Waals surface area contributed by atoms with E-state index in [4.69, 9.17) is 18.9 Å². The molecule has 0 spiro atoms. The third-order valence-electron chi connectivity index (χ3n) is 5.52. The van der Waals surface area contributed by atoms with E-state index in [2.05, 4.69) is 26.3 Å². The highest BCUT2D eigenvalue weighted by molar-refractivity contribution is 5.82. The summed E-state index contributed by atoms with van der Waals surface area (Å²) in [6.45, 7) is 11.5. The van der Waals surface area contributed by atoms with Gasteiger partial charge >= 0.3 is 23.9 Å². The summed E-state index contributed by atoms with van der Waals surface area (Å²) in [6, 6.07) is 0. The van der Waals surface area contributed by atoms with Crippen molar-refractivity contribution < 1.29 is 58.6 Å². The zero-order valence-corrected chi connectivity index (χ0v) is 20.7. The van der Waals surface area contributed by atoms with Gasteiger partial charge in [-0.2, -0.15) is 0 Å². The van der Waals surface area contributed by atoms with Crippen LogP contribution in [0.25, 0.3) is 0 Å². The van der Waals surface area contributed by atoms with Crippen molar-refractivity contribution >= 4 is 23.9 Å². The Bertz CT molecular complexity index is 672. The molecule has 0 aromatic rings. The SMILES string of the molecule is C=CC(=O)OCCC(O)C(C(O)CCOC(=O)C=C)(C(O)CCOC(=O)C=C)C(O)CCOC(=O)C=C. The lowest BCUT2D eigenvalue weighted by Gasteiger charge is -2.48. The summed E-state index contributed by atoms with van der Waals surface area (Å²) in [5.74, 6) is -3.15. The molecule has 4 unspecified atom stereocenters. The summed E-state index contributed by atoms with van der Waals surface area (Å²) < 4.78 is 19.5. The van der Waals surface area contributed by atoms with Gasteiger partial charge in [0.25, 0.3) is 0 Å². The number of rotatable bonds is 20. The van der Waals surface area contributed by atoms with Gasteiger partial charge in [-0.05, 0) is 0 Å². The van der Waals surface area contributed by atoms with Crippen molar-refractivity contribution in [2.24, 2.45) is 5.41 Å². The second kappa shape index (κ2) is 18.0. The molecule has 4 N–H and O–H groups in total. The van der Waals surface area contributed by atoms with E-state index in [1.54, 1.807) is 0 Å². The van der Waals surface area contributed by atoms with Crippen LogP contribution in [0.1, 0.15) is 25.7 Å². The Morgan fingerprint density at radius 1 is 0.514 bits per heavy atom. The van der Waals surface area contributed by atoms with Crippen molar-refractivity contribution in [1.29, 1.82) is 0 Å². The predicted octanol–water partition coefficient (Wildman–Crippen LogP) is -0.106. The Balaban J connectivity index is 6.13. The molecule has 0 amide bonds. The normalized spacial score (nSPS) is 15.5. The van der Waals surface area contributed by atoms with Crippen LogP contribution in [-0.2, 0) is 38.1 Å². The highest BCUT2D eigenvalue weighted by Gasteiger charge is 2.54. The molecule has 12 nitrogen and oxygen atoms in total. The van der Waals surface area contributed by atoms with Crippen molar-refractivity contribution in [2.45, 2.75) is 50.1 Å². The van der Waals surface area contributed by atoms with Crippen LogP contribution in [0.3, 0.4) is 0 Å². The van der Waals surface area contributed by atoms with Gasteiger partial charge in [-0.3, -0.25) is 0 Å². The van der Waals surface area contributed by atoms with Gasteiger partial charge < -0.3 is 39.4 Å². The minimum absolute atomic E-state index is 0.351. The highest BCUT2D eigenvalue weighted by atomic mass is 16.5. The lowest BCUT2D eigenvalue weighted by Crippen LogP contribution is -2.61. The molecule has 0 aliphatic carbocycles. The molecule has 0 heterocycles. The van der Waals surface area contributed by atoms with E-state index in [0.29, 0.717) is 0 Å². The summed E-state index contributed by atoms with van der Waals surface area (Å²) in [5, 5.41) is 44.6. The van der Waals surface area contributed by atoms with E-state index in [1.807, 2.05) is 0 Å². The third-order valence-corrected chi connectivity index (χ3v) is 5.52. The fourth-order valence-corrected chi connectivity index (χ4v) is 3.65. The number of ether oxygens (including phenoxy) is 4. The molecule has 0 saturated carbocycles. The third kappa shape index (κ3) is 11.1. The number of esters is 4. The van der Waals surface area contributed by atoms with Crippen LogP contribution >= 0.6 is 0 Å². The van der Waals surface area contributed by atoms with Crippen LogP contribution in [0.2, 0.25) is 0 Å². The first-order chi connectivity index (χ1) is 17.5. The van der Waals surface area contributed by atoms with Crippen LogP contribution in [0.15, 0.2) is 50.6 Å². The first-order valence-corrected chi connectivity index (χ1v) is 11.4. The smallest absolute Gasteiger partial charge is 0.330 e. The molecular weight excluding hydrogens is 492 g/mol. The minimum atomic E-state index is -2.16. The molecule has 0 aromatic carbocycles. The first-order valence-electron chi connectivity index (χ1n) is 11.4. The van der Waals surface area contributed by atoms with E-state index in [0.717, 1.165) is 24.3 Å². The molecule has 4 atom stereocenters. The lowest BCUT2D eigenvalue weighted by atomic mass is 9.64. The molecular formula is C25H36O12. The number of hydrogen-bond acceptors (Lipinski definition) is 12. The Morgan fingerprint density at radius 3 is 0.865 bits per heavy atom. The Labute approximate surface area is 215 Å². The van der Waals surface area contributed by atoms with Gasteiger partial charge in [0.1, 0.15) is 0 Å². The molecule has 0 aliphatic heterocycles.